The number of primary amides is 1. The van der Waals surface area contributed by atoms with Crippen LogP contribution in [0.25, 0.3) is 0 Å². The van der Waals surface area contributed by atoms with Crippen molar-refractivity contribution in [3.05, 3.63) is 0 Å². The first-order chi connectivity index (χ1) is 14.4. The van der Waals surface area contributed by atoms with Crippen LogP contribution in [0.4, 0.5) is 0 Å². The van der Waals surface area contributed by atoms with Crippen LogP contribution < -0.4 is 22.1 Å². The van der Waals surface area contributed by atoms with E-state index in [4.69, 9.17) is 11.5 Å². The number of carbonyl (C=O) groups excluding carboxylic acids is 4. The molecule has 4 amide bonds. The van der Waals surface area contributed by atoms with Crippen molar-refractivity contribution >= 4 is 29.6 Å². The van der Waals surface area contributed by atoms with Gasteiger partial charge in [-0.05, 0) is 25.7 Å². The number of hydrogen-bond donors (Lipinski definition) is 6. The smallest absolute Gasteiger partial charge is 0.326 e. The summed E-state index contributed by atoms with van der Waals surface area (Å²) in [5.41, 5.74) is 11.1. The molecular weight excluding hydrogens is 410 g/mol. The molecule has 1 fully saturated rings. The molecule has 0 spiro atoms. The fourth-order valence-electron chi connectivity index (χ4n) is 3.32. The summed E-state index contributed by atoms with van der Waals surface area (Å²) in [6.45, 7) is 5.03. The van der Waals surface area contributed by atoms with Crippen LogP contribution >= 0.6 is 0 Å². The predicted molar refractivity (Wildman–Crippen MR) is 109 cm³/mol. The van der Waals surface area contributed by atoms with Gasteiger partial charge in [-0.1, -0.05) is 20.3 Å². The Morgan fingerprint density at radius 3 is 2.23 bits per heavy atom. The van der Waals surface area contributed by atoms with Crippen LogP contribution in [-0.4, -0.2) is 81.5 Å². The highest BCUT2D eigenvalue weighted by Crippen LogP contribution is 2.19. The Morgan fingerprint density at radius 2 is 1.74 bits per heavy atom. The molecule has 0 aliphatic carbocycles. The van der Waals surface area contributed by atoms with Gasteiger partial charge in [0.25, 0.3) is 0 Å². The molecule has 31 heavy (non-hydrogen) atoms. The zero-order valence-corrected chi connectivity index (χ0v) is 18.0. The fourth-order valence-corrected chi connectivity index (χ4v) is 3.32. The lowest BCUT2D eigenvalue weighted by molar-refractivity contribution is -0.150. The number of aliphatic hydroxyl groups excluding tert-OH is 1. The summed E-state index contributed by atoms with van der Waals surface area (Å²) < 4.78 is 0. The van der Waals surface area contributed by atoms with Crippen LogP contribution in [0.3, 0.4) is 0 Å². The molecule has 0 aromatic rings. The van der Waals surface area contributed by atoms with Crippen molar-refractivity contribution in [2.75, 3.05) is 6.54 Å². The quantitative estimate of drug-likeness (QED) is 0.203. The second-order valence-corrected chi connectivity index (χ2v) is 7.90. The van der Waals surface area contributed by atoms with Crippen molar-refractivity contribution in [1.29, 1.82) is 0 Å². The number of nitrogens with one attached hydrogen (secondary N) is 2. The number of carboxylic acids is 1. The third-order valence-electron chi connectivity index (χ3n) is 5.46. The van der Waals surface area contributed by atoms with Crippen molar-refractivity contribution in [1.82, 2.24) is 15.5 Å². The highest BCUT2D eigenvalue weighted by atomic mass is 16.4. The maximum absolute atomic E-state index is 12.9. The number of carbonyl (C=O) groups is 5. The lowest BCUT2D eigenvalue weighted by Gasteiger charge is -2.29. The summed E-state index contributed by atoms with van der Waals surface area (Å²) in [4.78, 5) is 61.8. The maximum Gasteiger partial charge on any atom is 0.326 e. The Labute approximate surface area is 180 Å². The predicted octanol–water partition coefficient (Wildman–Crippen LogP) is -2.34. The zero-order chi connectivity index (χ0) is 23.9. The Morgan fingerprint density at radius 1 is 1.13 bits per heavy atom. The molecule has 1 aliphatic rings. The molecule has 1 heterocycles. The zero-order valence-electron chi connectivity index (χ0n) is 18.0. The van der Waals surface area contributed by atoms with Gasteiger partial charge in [-0.2, -0.15) is 0 Å². The number of hydrogen-bond acceptors (Lipinski definition) is 7. The monoisotopic (exact) mass is 443 g/mol. The van der Waals surface area contributed by atoms with E-state index in [2.05, 4.69) is 10.6 Å². The Balaban J connectivity index is 2.99. The van der Waals surface area contributed by atoms with Crippen LogP contribution in [0.5, 0.6) is 0 Å². The van der Waals surface area contributed by atoms with Crippen molar-refractivity contribution in [2.45, 2.75) is 76.7 Å². The largest absolute Gasteiger partial charge is 0.480 e. The van der Waals surface area contributed by atoms with E-state index in [1.807, 2.05) is 6.92 Å². The van der Waals surface area contributed by atoms with Gasteiger partial charge < -0.3 is 37.2 Å². The van der Waals surface area contributed by atoms with Crippen molar-refractivity contribution in [3.8, 4) is 0 Å². The molecule has 0 radical (unpaired) electrons. The summed E-state index contributed by atoms with van der Waals surface area (Å²) in [5.74, 6) is -4.61. The van der Waals surface area contributed by atoms with Crippen molar-refractivity contribution in [2.24, 2.45) is 17.4 Å². The van der Waals surface area contributed by atoms with Crippen LogP contribution in [0.2, 0.25) is 0 Å². The first-order valence-electron chi connectivity index (χ1n) is 10.3. The minimum absolute atomic E-state index is 0.154. The van der Waals surface area contributed by atoms with Gasteiger partial charge in [-0.15, -0.1) is 0 Å². The first-order valence-corrected chi connectivity index (χ1v) is 10.3. The Bertz CT molecular complexity index is 699. The van der Waals surface area contributed by atoms with Crippen LogP contribution in [-0.2, 0) is 24.0 Å². The number of nitrogens with two attached hydrogens (primary N) is 2. The van der Waals surface area contributed by atoms with Gasteiger partial charge in [0.1, 0.15) is 18.1 Å². The molecule has 12 nitrogen and oxygen atoms in total. The molecule has 1 aliphatic heterocycles. The number of carboxylic acid groups (broad SMARTS) is 1. The number of likely N-dealkylation sites (tertiary alicyclic amines) is 1. The van der Waals surface area contributed by atoms with Gasteiger partial charge in [0.2, 0.25) is 23.6 Å². The van der Waals surface area contributed by atoms with E-state index in [0.29, 0.717) is 12.8 Å². The molecule has 176 valence electrons. The van der Waals surface area contributed by atoms with E-state index in [9.17, 15) is 34.2 Å². The van der Waals surface area contributed by atoms with Crippen LogP contribution in [0.1, 0.15) is 46.5 Å². The molecule has 8 N–H and O–H groups in total. The Kier molecular flexibility index (Phi) is 9.85. The molecule has 1 rings (SSSR count). The number of aliphatic hydroxyl groups is 1. The highest BCUT2D eigenvalue weighted by Gasteiger charge is 2.39. The molecular formula is C19H33N5O7. The number of aliphatic carboxylic acids is 1. The van der Waals surface area contributed by atoms with E-state index in [-0.39, 0.29) is 18.9 Å². The Hall–Kier alpha value is -2.73. The van der Waals surface area contributed by atoms with Crippen LogP contribution in [0, 0.1) is 5.92 Å². The van der Waals surface area contributed by atoms with E-state index in [0.717, 1.165) is 4.90 Å². The van der Waals surface area contributed by atoms with E-state index < -0.39 is 66.3 Å². The van der Waals surface area contributed by atoms with Crippen molar-refractivity contribution < 1.29 is 34.2 Å². The molecule has 1 saturated heterocycles. The number of nitrogens with zero attached hydrogens (tertiary/aromatic N) is 1. The third-order valence-corrected chi connectivity index (χ3v) is 5.46. The van der Waals surface area contributed by atoms with E-state index in [1.54, 1.807) is 6.92 Å². The SMILES string of the molecule is CCC(C)C(N)C(=O)NC(C(=O)NC(CC(N)=O)C(=O)N1CCCC1C(=O)O)C(C)O. The minimum Gasteiger partial charge on any atom is -0.480 e. The molecule has 0 bridgehead atoms. The molecule has 0 aromatic heterocycles. The minimum atomic E-state index is -1.44. The first kappa shape index (κ1) is 26.3. The average Bonchev–Trinajstić information content (AvgIpc) is 3.18. The van der Waals surface area contributed by atoms with E-state index in [1.165, 1.54) is 6.92 Å². The third kappa shape index (κ3) is 7.17. The normalized spacial score (nSPS) is 20.8. The van der Waals surface area contributed by atoms with Gasteiger partial charge in [-0.25, -0.2) is 4.79 Å². The molecule has 6 atom stereocenters. The molecule has 6 unspecified atom stereocenters. The standard InChI is InChI=1S/C19H33N5O7/c1-4-9(2)14(21)16(27)23-15(10(3)25)17(28)22-11(8-13(20)26)18(29)24-7-5-6-12(24)19(30)31/h9-12,14-15,25H,4-8,21H2,1-3H3,(H2,20,26)(H,22,28)(H,23,27)(H,30,31). The fraction of sp³-hybridized carbons (Fsp3) is 0.737. The summed E-state index contributed by atoms with van der Waals surface area (Å²) in [7, 11) is 0. The van der Waals surface area contributed by atoms with Gasteiger partial charge in [0.15, 0.2) is 0 Å². The summed E-state index contributed by atoms with van der Waals surface area (Å²) >= 11 is 0. The maximum atomic E-state index is 12.9. The summed E-state index contributed by atoms with van der Waals surface area (Å²) in [5, 5.41) is 24.0. The van der Waals surface area contributed by atoms with Crippen molar-refractivity contribution in [3.63, 3.8) is 0 Å². The lowest BCUT2D eigenvalue weighted by Crippen LogP contribution is -2.60. The van der Waals surface area contributed by atoms with Crippen LogP contribution in [0.15, 0.2) is 0 Å². The van der Waals surface area contributed by atoms with Gasteiger partial charge in [-0.3, -0.25) is 19.2 Å². The van der Waals surface area contributed by atoms with Gasteiger partial charge >= 0.3 is 5.97 Å². The second-order valence-electron chi connectivity index (χ2n) is 7.90. The lowest BCUT2D eigenvalue weighted by atomic mass is 9.98. The van der Waals surface area contributed by atoms with Gasteiger partial charge in [0, 0.05) is 6.54 Å². The number of rotatable bonds is 11. The molecule has 12 heteroatoms. The highest BCUT2D eigenvalue weighted by molar-refractivity contribution is 5.96. The second kappa shape index (κ2) is 11.6. The number of amides is 4. The van der Waals surface area contributed by atoms with E-state index >= 15 is 0 Å². The summed E-state index contributed by atoms with van der Waals surface area (Å²) in [6, 6.07) is -4.87. The van der Waals surface area contributed by atoms with Gasteiger partial charge in [0.05, 0.1) is 18.6 Å². The molecule has 0 saturated carbocycles. The molecule has 0 aromatic carbocycles. The topological polar surface area (TPSA) is 205 Å². The average molecular weight is 444 g/mol. The summed E-state index contributed by atoms with van der Waals surface area (Å²) in [6.07, 6.45) is -0.579.